The molecule has 0 aromatic rings. The van der Waals surface area contributed by atoms with E-state index in [-0.39, 0.29) is 5.91 Å². The Morgan fingerprint density at radius 2 is 2.33 bits per heavy atom. The van der Waals surface area contributed by atoms with Crippen LogP contribution in [0.25, 0.3) is 0 Å². The van der Waals surface area contributed by atoms with Crippen LogP contribution in [0.15, 0.2) is 12.2 Å². The molecule has 2 nitrogen and oxygen atoms in total. The molecule has 52 valence electrons. The summed E-state index contributed by atoms with van der Waals surface area (Å²) in [7, 11) is 0. The van der Waals surface area contributed by atoms with E-state index in [1.165, 1.54) is 0 Å². The van der Waals surface area contributed by atoms with Gasteiger partial charge in [-0.3, -0.25) is 4.79 Å². The average Bonchev–Trinajstić information content (AvgIpc) is 1.82. The van der Waals surface area contributed by atoms with Gasteiger partial charge in [0.2, 0.25) is 5.91 Å². The van der Waals surface area contributed by atoms with Crippen molar-refractivity contribution in [2.45, 2.75) is 6.92 Å². The van der Waals surface area contributed by atoms with E-state index in [0.717, 1.165) is 0 Å². The summed E-state index contributed by atoms with van der Waals surface area (Å²) in [4.78, 5) is 10.7. The van der Waals surface area contributed by atoms with Crippen molar-refractivity contribution in [3.8, 4) is 0 Å². The van der Waals surface area contributed by atoms with E-state index in [9.17, 15) is 4.79 Å². The monoisotopic (exact) mass is 145 g/mol. The van der Waals surface area contributed by atoms with E-state index in [4.69, 9.17) is 0 Å². The first-order chi connectivity index (χ1) is 4.18. The molecule has 3 heteroatoms. The molecule has 1 amide bonds. The van der Waals surface area contributed by atoms with Gasteiger partial charge in [-0.25, -0.2) is 0 Å². The highest BCUT2D eigenvalue weighted by atomic mass is 32.1. The molecule has 1 N–H and O–H groups in total. The van der Waals surface area contributed by atoms with Gasteiger partial charge in [-0.05, 0) is 6.92 Å². The largest absolute Gasteiger partial charge is 0.352 e. The van der Waals surface area contributed by atoms with Gasteiger partial charge in [0.15, 0.2) is 0 Å². The third kappa shape index (κ3) is 4.09. The van der Waals surface area contributed by atoms with Gasteiger partial charge < -0.3 is 5.32 Å². The zero-order chi connectivity index (χ0) is 7.28. The molecule has 0 aliphatic heterocycles. The lowest BCUT2D eigenvalue weighted by Gasteiger charge is -1.99. The highest BCUT2D eigenvalue weighted by Gasteiger charge is 1.96. The van der Waals surface area contributed by atoms with Crippen molar-refractivity contribution in [3.05, 3.63) is 12.2 Å². The number of hydrogen-bond donors (Lipinski definition) is 2. The quantitative estimate of drug-likeness (QED) is 0.442. The zero-order valence-corrected chi connectivity index (χ0v) is 6.37. The molecular weight excluding hydrogens is 134 g/mol. The zero-order valence-electron chi connectivity index (χ0n) is 5.48. The minimum atomic E-state index is -0.0935. The number of rotatable bonds is 3. The van der Waals surface area contributed by atoms with Crippen molar-refractivity contribution < 1.29 is 4.79 Å². The van der Waals surface area contributed by atoms with Crippen molar-refractivity contribution in [2.75, 3.05) is 12.3 Å². The van der Waals surface area contributed by atoms with Crippen LogP contribution in [0.1, 0.15) is 6.92 Å². The summed E-state index contributed by atoms with van der Waals surface area (Å²) in [6, 6.07) is 0. The van der Waals surface area contributed by atoms with Gasteiger partial charge in [-0.2, -0.15) is 12.6 Å². The lowest BCUT2D eigenvalue weighted by Crippen LogP contribution is -2.25. The van der Waals surface area contributed by atoms with Crippen molar-refractivity contribution in [2.24, 2.45) is 0 Å². The molecule has 0 radical (unpaired) electrons. The topological polar surface area (TPSA) is 29.1 Å². The van der Waals surface area contributed by atoms with E-state index < -0.39 is 0 Å². The van der Waals surface area contributed by atoms with Crippen molar-refractivity contribution in [3.63, 3.8) is 0 Å². The third-order valence-corrected chi connectivity index (χ3v) is 1.01. The maximum atomic E-state index is 10.7. The molecule has 0 rings (SSSR count). The lowest BCUT2D eigenvalue weighted by atomic mass is 10.3. The normalized spacial score (nSPS) is 8.67. The average molecular weight is 145 g/mol. The Kier molecular flexibility index (Phi) is 4.22. The molecule has 0 aliphatic rings. The number of amides is 1. The Balaban J connectivity index is 3.39. The Morgan fingerprint density at radius 1 is 1.78 bits per heavy atom. The molecule has 0 heterocycles. The van der Waals surface area contributed by atoms with E-state index >= 15 is 0 Å². The molecule has 0 aromatic carbocycles. The summed E-state index contributed by atoms with van der Waals surface area (Å²) >= 11 is 3.92. The Hall–Kier alpha value is -0.440. The smallest absolute Gasteiger partial charge is 0.246 e. The van der Waals surface area contributed by atoms with Crippen LogP contribution in [-0.2, 0) is 4.79 Å². The first-order valence-corrected chi connectivity index (χ1v) is 3.36. The minimum absolute atomic E-state index is 0.0935. The summed E-state index contributed by atoms with van der Waals surface area (Å²) in [6.45, 7) is 5.75. The molecule has 0 bridgehead atoms. The highest BCUT2D eigenvalue weighted by molar-refractivity contribution is 7.80. The molecule has 9 heavy (non-hydrogen) atoms. The van der Waals surface area contributed by atoms with Gasteiger partial charge in [0.25, 0.3) is 0 Å². The molecule has 0 atom stereocenters. The molecule has 0 fully saturated rings. The molecule has 0 aliphatic carbocycles. The highest BCUT2D eigenvalue weighted by Crippen LogP contribution is 1.84. The van der Waals surface area contributed by atoms with Gasteiger partial charge in [-0.15, -0.1) is 0 Å². The summed E-state index contributed by atoms with van der Waals surface area (Å²) in [5.74, 6) is 0.572. The van der Waals surface area contributed by atoms with Gasteiger partial charge in [0, 0.05) is 17.9 Å². The van der Waals surface area contributed by atoms with Crippen LogP contribution >= 0.6 is 12.6 Å². The van der Waals surface area contributed by atoms with E-state index in [1.54, 1.807) is 6.92 Å². The second-order valence-electron chi connectivity index (χ2n) is 1.76. The summed E-state index contributed by atoms with van der Waals surface area (Å²) in [6.07, 6.45) is 0. The predicted octanol–water partition coefficient (Wildman–Crippen LogP) is 0.609. The predicted molar refractivity (Wildman–Crippen MR) is 41.7 cm³/mol. The van der Waals surface area contributed by atoms with Crippen LogP contribution in [0.5, 0.6) is 0 Å². The first kappa shape index (κ1) is 8.56. The third-order valence-electron chi connectivity index (χ3n) is 0.785. The maximum Gasteiger partial charge on any atom is 0.246 e. The Morgan fingerprint density at radius 3 is 2.67 bits per heavy atom. The van der Waals surface area contributed by atoms with Crippen LogP contribution in [0.3, 0.4) is 0 Å². The fraction of sp³-hybridized carbons (Fsp3) is 0.500. The summed E-state index contributed by atoms with van der Waals surface area (Å²) in [5, 5.41) is 2.62. The molecular formula is C6H11NOS. The second-order valence-corrected chi connectivity index (χ2v) is 2.21. The fourth-order valence-corrected chi connectivity index (χ4v) is 0.432. The van der Waals surface area contributed by atoms with Gasteiger partial charge in [0.1, 0.15) is 0 Å². The Labute approximate surface area is 60.7 Å². The fourth-order valence-electron chi connectivity index (χ4n) is 0.320. The van der Waals surface area contributed by atoms with Crippen molar-refractivity contribution in [1.29, 1.82) is 0 Å². The second kappa shape index (κ2) is 4.44. The maximum absolute atomic E-state index is 10.7. The van der Waals surface area contributed by atoms with Crippen LogP contribution in [0.2, 0.25) is 0 Å². The van der Waals surface area contributed by atoms with Gasteiger partial charge in [-0.1, -0.05) is 6.58 Å². The van der Waals surface area contributed by atoms with Gasteiger partial charge >= 0.3 is 0 Å². The SMILES string of the molecule is C=C(C)C(=O)NCCS. The first-order valence-electron chi connectivity index (χ1n) is 2.73. The van der Waals surface area contributed by atoms with Gasteiger partial charge in [0.05, 0.1) is 0 Å². The van der Waals surface area contributed by atoms with Crippen LogP contribution < -0.4 is 5.32 Å². The molecule has 0 unspecified atom stereocenters. The van der Waals surface area contributed by atoms with Crippen molar-refractivity contribution in [1.82, 2.24) is 5.32 Å². The Bertz CT molecular complexity index is 122. The standard InChI is InChI=1S/C6H11NOS/c1-5(2)6(8)7-3-4-9/h9H,1,3-4H2,2H3,(H,7,8). The lowest BCUT2D eigenvalue weighted by molar-refractivity contribution is -0.117. The van der Waals surface area contributed by atoms with Crippen LogP contribution in [-0.4, -0.2) is 18.2 Å². The van der Waals surface area contributed by atoms with Crippen LogP contribution in [0, 0.1) is 0 Å². The number of nitrogens with one attached hydrogen (secondary N) is 1. The molecule has 0 aromatic heterocycles. The number of thiol groups is 1. The summed E-state index contributed by atoms with van der Waals surface area (Å²) < 4.78 is 0. The minimum Gasteiger partial charge on any atom is -0.352 e. The number of hydrogen-bond acceptors (Lipinski definition) is 2. The molecule has 0 saturated carbocycles. The number of carbonyl (C=O) groups excluding carboxylic acids is 1. The number of carbonyl (C=O) groups is 1. The van der Waals surface area contributed by atoms with Crippen LogP contribution in [0.4, 0.5) is 0 Å². The summed E-state index contributed by atoms with van der Waals surface area (Å²) in [5.41, 5.74) is 0.539. The van der Waals surface area contributed by atoms with Crippen molar-refractivity contribution >= 4 is 18.5 Å². The van der Waals surface area contributed by atoms with E-state index in [1.807, 2.05) is 0 Å². The molecule has 0 saturated heterocycles. The van der Waals surface area contributed by atoms with E-state index in [0.29, 0.717) is 17.9 Å². The molecule has 0 spiro atoms. The van der Waals surface area contributed by atoms with E-state index in [2.05, 4.69) is 24.5 Å².